The van der Waals surface area contributed by atoms with Gasteiger partial charge in [-0.25, -0.2) is 0 Å². The van der Waals surface area contributed by atoms with E-state index >= 15 is 0 Å². The summed E-state index contributed by atoms with van der Waals surface area (Å²) in [6, 6.07) is 2.02. The number of hydrogen-bond donors (Lipinski definition) is 0. The van der Waals surface area contributed by atoms with Crippen LogP contribution in [0.25, 0.3) is 11.3 Å². The summed E-state index contributed by atoms with van der Waals surface area (Å²) in [4.78, 5) is 28.0. The number of thiophene rings is 1. The van der Waals surface area contributed by atoms with E-state index in [0.29, 0.717) is 25.4 Å². The van der Waals surface area contributed by atoms with Crippen LogP contribution in [0.15, 0.2) is 16.0 Å². The summed E-state index contributed by atoms with van der Waals surface area (Å²) in [6.45, 7) is 3.19. The zero-order valence-electron chi connectivity index (χ0n) is 14.1. The van der Waals surface area contributed by atoms with Crippen molar-refractivity contribution in [2.45, 2.75) is 32.6 Å². The first-order valence-corrected chi connectivity index (χ1v) is 9.58. The fraction of sp³-hybridized carbons (Fsp3) is 0.500. The molecule has 0 radical (unpaired) electrons. The number of likely N-dealkylation sites (tertiary alicyclic amines) is 1. The Morgan fingerprint density at radius 2 is 2.32 bits per heavy atom. The molecule has 1 aliphatic carbocycles. The fourth-order valence-electron chi connectivity index (χ4n) is 3.66. The number of carbonyl (C=O) groups excluding carboxylic acids is 2. The minimum atomic E-state index is -0.246. The third-order valence-corrected chi connectivity index (χ3v) is 5.89. The molecule has 0 saturated carbocycles. The van der Waals surface area contributed by atoms with Crippen molar-refractivity contribution in [2.75, 3.05) is 19.7 Å². The second-order valence-electron chi connectivity index (χ2n) is 6.44. The van der Waals surface area contributed by atoms with Gasteiger partial charge in [0.15, 0.2) is 11.5 Å². The third-order valence-electron chi connectivity index (χ3n) is 4.91. The smallest absolute Gasteiger partial charge is 0.310 e. The first kappa shape index (κ1) is 16.3. The minimum Gasteiger partial charge on any atom is -0.466 e. The van der Waals surface area contributed by atoms with Crippen LogP contribution in [0.3, 0.4) is 0 Å². The normalized spacial score (nSPS) is 19.2. The van der Waals surface area contributed by atoms with Crippen molar-refractivity contribution in [3.05, 3.63) is 27.6 Å². The van der Waals surface area contributed by atoms with Gasteiger partial charge in [0.2, 0.25) is 0 Å². The lowest BCUT2D eigenvalue weighted by molar-refractivity contribution is -0.149. The van der Waals surface area contributed by atoms with Gasteiger partial charge < -0.3 is 14.2 Å². The lowest BCUT2D eigenvalue weighted by Gasteiger charge is -2.31. The number of aryl methyl sites for hydroxylation is 1. The molecule has 25 heavy (non-hydrogen) atoms. The first-order chi connectivity index (χ1) is 12.2. The SMILES string of the molecule is CCOC(=O)[C@@H]1CCCN(C(=O)c2noc3c2CCc2sccc2-3)C1. The number of hydrogen-bond acceptors (Lipinski definition) is 6. The zero-order valence-corrected chi connectivity index (χ0v) is 14.9. The van der Waals surface area contributed by atoms with E-state index in [1.807, 2.05) is 11.4 Å². The highest BCUT2D eigenvalue weighted by Gasteiger charge is 2.34. The number of rotatable bonds is 3. The van der Waals surface area contributed by atoms with Crippen molar-refractivity contribution in [3.63, 3.8) is 0 Å². The molecule has 0 N–H and O–H groups in total. The highest BCUT2D eigenvalue weighted by Crippen LogP contribution is 2.38. The van der Waals surface area contributed by atoms with Crippen LogP contribution in [-0.4, -0.2) is 41.6 Å². The molecule has 1 atom stereocenters. The number of aromatic nitrogens is 1. The molecule has 1 amide bonds. The van der Waals surface area contributed by atoms with Gasteiger partial charge in [-0.05, 0) is 44.1 Å². The summed E-state index contributed by atoms with van der Waals surface area (Å²) < 4.78 is 10.6. The number of ether oxygens (including phenoxy) is 1. The van der Waals surface area contributed by atoms with Gasteiger partial charge in [-0.2, -0.15) is 0 Å². The van der Waals surface area contributed by atoms with Gasteiger partial charge in [0.05, 0.1) is 12.5 Å². The van der Waals surface area contributed by atoms with Gasteiger partial charge in [-0.3, -0.25) is 9.59 Å². The Labute approximate surface area is 149 Å². The third kappa shape index (κ3) is 2.86. The summed E-state index contributed by atoms with van der Waals surface area (Å²) in [5.74, 6) is 0.122. The standard InChI is InChI=1S/C18H20N2O4S/c1-2-23-18(22)11-4-3-8-20(10-11)17(21)15-13-5-6-14-12(7-9-25-14)16(13)24-19-15/h7,9,11H,2-6,8,10H2,1H3/t11-/m1/s1. The number of piperidine rings is 1. The van der Waals surface area contributed by atoms with E-state index < -0.39 is 0 Å². The minimum absolute atomic E-state index is 0.141. The Bertz CT molecular complexity index is 810. The maximum Gasteiger partial charge on any atom is 0.310 e. The van der Waals surface area contributed by atoms with Crippen LogP contribution in [0.2, 0.25) is 0 Å². The lowest BCUT2D eigenvalue weighted by Crippen LogP contribution is -2.43. The fourth-order valence-corrected chi connectivity index (χ4v) is 4.54. The molecule has 2 aromatic rings. The summed E-state index contributed by atoms with van der Waals surface area (Å²) in [6.07, 6.45) is 3.23. The van der Waals surface area contributed by atoms with E-state index in [1.165, 1.54) is 4.88 Å². The van der Waals surface area contributed by atoms with E-state index in [4.69, 9.17) is 9.26 Å². The van der Waals surface area contributed by atoms with Gasteiger partial charge in [0, 0.05) is 29.1 Å². The van der Waals surface area contributed by atoms with Crippen LogP contribution in [0.1, 0.15) is 40.7 Å². The quantitative estimate of drug-likeness (QED) is 0.787. The van der Waals surface area contributed by atoms with E-state index in [2.05, 4.69) is 5.16 Å². The molecule has 0 bridgehead atoms. The van der Waals surface area contributed by atoms with E-state index in [0.717, 1.165) is 42.6 Å². The Kier molecular flexibility index (Phi) is 4.33. The molecule has 6 nitrogen and oxygen atoms in total. The van der Waals surface area contributed by atoms with Gasteiger partial charge in [0.1, 0.15) is 0 Å². The predicted octanol–water partition coefficient (Wildman–Crippen LogP) is 2.92. The van der Waals surface area contributed by atoms with E-state index in [-0.39, 0.29) is 17.8 Å². The molecular formula is C18H20N2O4S. The van der Waals surface area contributed by atoms with Gasteiger partial charge in [-0.15, -0.1) is 11.3 Å². The molecule has 0 spiro atoms. The maximum atomic E-state index is 13.0. The zero-order chi connectivity index (χ0) is 17.4. The summed E-state index contributed by atoms with van der Waals surface area (Å²) in [7, 11) is 0. The average Bonchev–Trinajstić information content (AvgIpc) is 3.27. The van der Waals surface area contributed by atoms with Crippen molar-refractivity contribution < 1.29 is 18.8 Å². The molecule has 1 fully saturated rings. The number of esters is 1. The Morgan fingerprint density at radius 1 is 1.44 bits per heavy atom. The van der Waals surface area contributed by atoms with Crippen molar-refractivity contribution in [3.8, 4) is 11.3 Å². The molecular weight excluding hydrogens is 340 g/mol. The summed E-state index contributed by atoms with van der Waals surface area (Å²) >= 11 is 1.71. The largest absolute Gasteiger partial charge is 0.466 e. The second-order valence-corrected chi connectivity index (χ2v) is 7.44. The molecule has 0 aromatic carbocycles. The molecule has 3 heterocycles. The molecule has 0 unspecified atom stereocenters. The number of nitrogens with zero attached hydrogens (tertiary/aromatic N) is 2. The Balaban J connectivity index is 1.55. The number of fused-ring (bicyclic) bond motifs is 3. The molecule has 2 aliphatic rings. The highest BCUT2D eigenvalue weighted by molar-refractivity contribution is 7.10. The van der Waals surface area contributed by atoms with Crippen LogP contribution in [0.5, 0.6) is 0 Å². The van der Waals surface area contributed by atoms with Gasteiger partial charge in [0.25, 0.3) is 5.91 Å². The van der Waals surface area contributed by atoms with Crippen molar-refractivity contribution in [1.29, 1.82) is 0 Å². The maximum absolute atomic E-state index is 13.0. The Hall–Kier alpha value is -2.15. The van der Waals surface area contributed by atoms with Crippen molar-refractivity contribution in [1.82, 2.24) is 10.1 Å². The topological polar surface area (TPSA) is 72.6 Å². The van der Waals surface area contributed by atoms with Gasteiger partial charge >= 0.3 is 5.97 Å². The van der Waals surface area contributed by atoms with Crippen molar-refractivity contribution in [2.24, 2.45) is 5.92 Å². The summed E-state index contributed by atoms with van der Waals surface area (Å²) in [5, 5.41) is 6.12. The summed E-state index contributed by atoms with van der Waals surface area (Å²) in [5.41, 5.74) is 2.35. The number of carbonyl (C=O) groups is 2. The van der Waals surface area contributed by atoms with Gasteiger partial charge in [-0.1, -0.05) is 5.16 Å². The molecule has 132 valence electrons. The molecule has 1 saturated heterocycles. The Morgan fingerprint density at radius 3 is 3.16 bits per heavy atom. The molecule has 2 aromatic heterocycles. The van der Waals surface area contributed by atoms with E-state index in [1.54, 1.807) is 23.2 Å². The van der Waals surface area contributed by atoms with Crippen molar-refractivity contribution >= 4 is 23.2 Å². The van der Waals surface area contributed by atoms with E-state index in [9.17, 15) is 9.59 Å². The predicted molar refractivity (Wildman–Crippen MR) is 92.5 cm³/mol. The lowest BCUT2D eigenvalue weighted by atomic mass is 9.94. The number of amides is 1. The molecule has 7 heteroatoms. The average molecular weight is 360 g/mol. The first-order valence-electron chi connectivity index (χ1n) is 8.70. The highest BCUT2D eigenvalue weighted by atomic mass is 32.1. The van der Waals surface area contributed by atoms with Crippen LogP contribution >= 0.6 is 11.3 Å². The van der Waals surface area contributed by atoms with Crippen LogP contribution < -0.4 is 0 Å². The molecule has 1 aliphatic heterocycles. The van der Waals surface area contributed by atoms with Crippen LogP contribution in [-0.2, 0) is 22.4 Å². The van der Waals surface area contributed by atoms with Crippen LogP contribution in [0.4, 0.5) is 0 Å². The molecule has 4 rings (SSSR count). The second kappa shape index (κ2) is 6.63. The van der Waals surface area contributed by atoms with Crippen LogP contribution in [0, 0.1) is 5.92 Å². The monoisotopic (exact) mass is 360 g/mol.